The van der Waals surface area contributed by atoms with E-state index in [-0.39, 0.29) is 35.9 Å². The summed E-state index contributed by atoms with van der Waals surface area (Å²) in [6, 6.07) is 7.55. The Bertz CT molecular complexity index is 1000. The highest BCUT2D eigenvalue weighted by Crippen LogP contribution is 2.38. The molecule has 0 atom stereocenters. The summed E-state index contributed by atoms with van der Waals surface area (Å²) < 4.78 is 39.2. The number of nitrogen functional groups attached to an aromatic ring is 1. The molecule has 180 valence electrons. The number of nitrogens with two attached hydrogens (primary N) is 1. The second-order valence-electron chi connectivity index (χ2n) is 9.18. The van der Waals surface area contributed by atoms with Crippen LogP contribution in [-0.4, -0.2) is 67.9 Å². The number of ether oxygens (including phenoxy) is 2. The summed E-state index contributed by atoms with van der Waals surface area (Å²) >= 11 is 6.38. The zero-order valence-electron chi connectivity index (χ0n) is 19.0. The number of rotatable bonds is 8. The van der Waals surface area contributed by atoms with Gasteiger partial charge in [0.25, 0.3) is 5.92 Å². The van der Waals surface area contributed by atoms with Crippen LogP contribution in [0.4, 0.5) is 26.1 Å². The van der Waals surface area contributed by atoms with Crippen LogP contribution in [0.2, 0.25) is 5.02 Å². The van der Waals surface area contributed by atoms with Crippen molar-refractivity contribution in [1.82, 2.24) is 15.0 Å². The van der Waals surface area contributed by atoms with Crippen molar-refractivity contribution < 1.29 is 18.3 Å². The summed E-state index contributed by atoms with van der Waals surface area (Å²) in [6.07, 6.45) is -0.256. The lowest BCUT2D eigenvalue weighted by atomic mass is 9.90. The molecule has 3 heterocycles. The van der Waals surface area contributed by atoms with E-state index in [1.807, 2.05) is 55.3 Å². The Morgan fingerprint density at radius 3 is 2.55 bits per heavy atom. The van der Waals surface area contributed by atoms with Crippen molar-refractivity contribution in [2.24, 2.45) is 5.41 Å². The maximum Gasteiger partial charge on any atom is 0.320 e. The third-order valence-electron chi connectivity index (χ3n) is 5.81. The van der Waals surface area contributed by atoms with Crippen LogP contribution >= 0.6 is 11.6 Å². The lowest BCUT2D eigenvalue weighted by Gasteiger charge is -2.37. The first-order valence-electron chi connectivity index (χ1n) is 10.8. The Morgan fingerprint density at radius 2 is 1.97 bits per heavy atom. The van der Waals surface area contributed by atoms with E-state index in [2.05, 4.69) is 9.97 Å². The topological polar surface area (TPSA) is 80.0 Å². The summed E-state index contributed by atoms with van der Waals surface area (Å²) in [5.41, 5.74) is 7.42. The van der Waals surface area contributed by atoms with E-state index in [0.29, 0.717) is 37.2 Å². The van der Waals surface area contributed by atoms with Crippen LogP contribution in [0.5, 0.6) is 6.01 Å². The molecule has 11 heteroatoms. The second kappa shape index (κ2) is 9.08. The quantitative estimate of drug-likeness (QED) is 0.573. The van der Waals surface area contributed by atoms with E-state index >= 15 is 0 Å². The van der Waals surface area contributed by atoms with Crippen molar-refractivity contribution in [3.63, 3.8) is 0 Å². The van der Waals surface area contributed by atoms with Crippen molar-refractivity contribution in [1.29, 1.82) is 0 Å². The van der Waals surface area contributed by atoms with Gasteiger partial charge in [0.15, 0.2) is 11.6 Å². The third kappa shape index (κ3) is 5.23. The lowest BCUT2D eigenvalue weighted by Crippen LogP contribution is -2.44. The molecule has 2 aliphatic heterocycles. The Morgan fingerprint density at radius 1 is 1.24 bits per heavy atom. The molecular weight excluding hydrogens is 454 g/mol. The monoisotopic (exact) mass is 482 g/mol. The number of nitrogens with zero attached hydrogens (tertiary/aromatic N) is 5. The van der Waals surface area contributed by atoms with Gasteiger partial charge in [-0.05, 0) is 11.6 Å². The number of halogens is 3. The van der Waals surface area contributed by atoms with E-state index in [1.54, 1.807) is 0 Å². The number of alkyl halides is 2. The molecule has 4 rings (SSSR count). The summed E-state index contributed by atoms with van der Waals surface area (Å²) in [7, 11) is 3.69. The van der Waals surface area contributed by atoms with Crippen molar-refractivity contribution in [2.45, 2.75) is 25.8 Å². The third-order valence-corrected chi connectivity index (χ3v) is 6.18. The number of hydrogen-bond acceptors (Lipinski definition) is 8. The van der Waals surface area contributed by atoms with E-state index < -0.39 is 12.5 Å². The van der Waals surface area contributed by atoms with E-state index in [0.717, 1.165) is 5.56 Å². The molecule has 2 aliphatic rings. The number of hydrogen-bond donors (Lipinski definition) is 1. The van der Waals surface area contributed by atoms with Gasteiger partial charge in [-0.15, -0.1) is 0 Å². The molecule has 0 aliphatic carbocycles. The van der Waals surface area contributed by atoms with Gasteiger partial charge in [-0.2, -0.15) is 9.97 Å². The minimum absolute atomic E-state index is 0.0866. The fourth-order valence-corrected chi connectivity index (χ4v) is 4.01. The van der Waals surface area contributed by atoms with Gasteiger partial charge < -0.3 is 20.1 Å². The number of anilines is 3. The maximum absolute atomic E-state index is 14.0. The molecule has 0 radical (unpaired) electrons. The first kappa shape index (κ1) is 23.7. The Labute approximate surface area is 197 Å². The Kier molecular flexibility index (Phi) is 6.52. The molecule has 0 bridgehead atoms. The largest absolute Gasteiger partial charge is 0.463 e. The maximum atomic E-state index is 14.0. The van der Waals surface area contributed by atoms with Gasteiger partial charge in [0.2, 0.25) is 0 Å². The summed E-state index contributed by atoms with van der Waals surface area (Å²) in [5, 5.41) is 4.23. The standard InChI is InChI=1S/C22H29ClF2N6O2/c1-21(12-32-13-21)14-33-20-27-18(30-9-8-22(24,25)11-30)17(26)19(28-20)31(29(2)3)10-15-6-4-5-7-16(15)23/h4-7H,8-14,26H2,1-3H3. The summed E-state index contributed by atoms with van der Waals surface area (Å²) in [6.45, 7) is 3.61. The first-order chi connectivity index (χ1) is 15.6. The molecule has 8 nitrogen and oxygen atoms in total. The molecule has 2 saturated heterocycles. The predicted molar refractivity (Wildman–Crippen MR) is 124 cm³/mol. The predicted octanol–water partition coefficient (Wildman–Crippen LogP) is 3.46. The highest BCUT2D eigenvalue weighted by molar-refractivity contribution is 6.31. The zero-order chi connectivity index (χ0) is 23.8. The minimum atomic E-state index is -2.80. The van der Waals surface area contributed by atoms with Gasteiger partial charge in [0, 0.05) is 37.5 Å². The molecule has 0 saturated carbocycles. The van der Waals surface area contributed by atoms with Gasteiger partial charge in [0.1, 0.15) is 12.3 Å². The van der Waals surface area contributed by atoms with Gasteiger partial charge in [-0.25, -0.2) is 13.8 Å². The molecule has 1 aromatic carbocycles. The van der Waals surface area contributed by atoms with Gasteiger partial charge in [-0.3, -0.25) is 5.01 Å². The van der Waals surface area contributed by atoms with Gasteiger partial charge >= 0.3 is 6.01 Å². The Hall–Kier alpha value is -2.43. The van der Waals surface area contributed by atoms with Crippen molar-refractivity contribution in [3.05, 3.63) is 34.9 Å². The van der Waals surface area contributed by atoms with E-state index in [1.165, 1.54) is 4.90 Å². The molecular formula is C22H29ClF2N6O2. The molecule has 2 fully saturated rings. The highest BCUT2D eigenvalue weighted by atomic mass is 35.5. The van der Waals surface area contributed by atoms with Gasteiger partial charge in [0.05, 0.1) is 26.3 Å². The summed E-state index contributed by atoms with van der Waals surface area (Å²) in [4.78, 5) is 10.5. The molecule has 0 unspecified atom stereocenters. The van der Waals surface area contributed by atoms with Crippen LogP contribution in [0, 0.1) is 5.41 Å². The van der Waals surface area contributed by atoms with Crippen molar-refractivity contribution >= 4 is 28.9 Å². The normalized spacial score (nSPS) is 18.9. The zero-order valence-corrected chi connectivity index (χ0v) is 19.8. The number of hydrazine groups is 1. The van der Waals surface area contributed by atoms with Crippen LogP contribution in [0.15, 0.2) is 24.3 Å². The lowest BCUT2D eigenvalue weighted by molar-refractivity contribution is -0.121. The van der Waals surface area contributed by atoms with Crippen molar-refractivity contribution in [3.8, 4) is 6.01 Å². The molecule has 0 amide bonds. The highest BCUT2D eigenvalue weighted by Gasteiger charge is 2.40. The number of benzene rings is 1. The average molecular weight is 483 g/mol. The van der Waals surface area contributed by atoms with Crippen LogP contribution < -0.4 is 20.4 Å². The van der Waals surface area contributed by atoms with Crippen molar-refractivity contribution in [2.75, 3.05) is 62.6 Å². The van der Waals surface area contributed by atoms with Gasteiger partial charge in [-0.1, -0.05) is 36.7 Å². The molecule has 0 spiro atoms. The fourth-order valence-electron chi connectivity index (χ4n) is 3.81. The summed E-state index contributed by atoms with van der Waals surface area (Å²) in [5.74, 6) is -2.19. The molecule has 1 aromatic heterocycles. The fraction of sp³-hybridized carbons (Fsp3) is 0.545. The SMILES string of the molecule is CN(C)N(Cc1ccccc1Cl)c1nc(OCC2(C)COC2)nc(N2CCC(F)(F)C2)c1N. The number of aromatic nitrogens is 2. The Balaban J connectivity index is 1.71. The average Bonchev–Trinajstić information content (AvgIpc) is 3.10. The molecule has 2 aromatic rings. The van der Waals surface area contributed by atoms with Crippen LogP contribution in [0.1, 0.15) is 18.9 Å². The van der Waals surface area contributed by atoms with Crippen LogP contribution in [-0.2, 0) is 11.3 Å². The van der Waals surface area contributed by atoms with E-state index in [4.69, 9.17) is 26.8 Å². The second-order valence-corrected chi connectivity index (χ2v) is 9.59. The van der Waals surface area contributed by atoms with E-state index in [9.17, 15) is 8.78 Å². The minimum Gasteiger partial charge on any atom is -0.463 e. The molecule has 33 heavy (non-hydrogen) atoms. The first-order valence-corrected chi connectivity index (χ1v) is 11.1. The smallest absolute Gasteiger partial charge is 0.320 e. The molecule has 2 N–H and O–H groups in total. The van der Waals surface area contributed by atoms with Crippen LogP contribution in [0.3, 0.4) is 0 Å². The van der Waals surface area contributed by atoms with Crippen LogP contribution in [0.25, 0.3) is 0 Å².